The summed E-state index contributed by atoms with van der Waals surface area (Å²) >= 11 is 0. The van der Waals surface area contributed by atoms with Crippen molar-refractivity contribution in [1.29, 1.82) is 0 Å². The van der Waals surface area contributed by atoms with E-state index >= 15 is 0 Å². The lowest BCUT2D eigenvalue weighted by Crippen LogP contribution is -2.30. The van der Waals surface area contributed by atoms with Gasteiger partial charge in [0.2, 0.25) is 5.91 Å². The molecule has 1 aromatic carbocycles. The lowest BCUT2D eigenvalue weighted by atomic mass is 10.0. The maximum atomic E-state index is 12.8. The molecule has 0 spiro atoms. The van der Waals surface area contributed by atoms with E-state index in [0.29, 0.717) is 13.0 Å². The second kappa shape index (κ2) is 9.00. The summed E-state index contributed by atoms with van der Waals surface area (Å²) in [6, 6.07) is 7.93. The van der Waals surface area contributed by atoms with Gasteiger partial charge >= 0.3 is 0 Å². The molecule has 1 N–H and O–H groups in total. The minimum atomic E-state index is 0.210. The average Bonchev–Trinajstić information content (AvgIpc) is 3.27. The Morgan fingerprint density at radius 3 is 2.77 bits per heavy atom. The first-order valence-electron chi connectivity index (χ1n) is 10.7. The van der Waals surface area contributed by atoms with Gasteiger partial charge in [-0.2, -0.15) is 0 Å². The molecule has 7 nitrogen and oxygen atoms in total. The number of likely N-dealkylation sites (N-methyl/N-ethyl adjacent to an activating group) is 1. The Bertz CT molecular complexity index is 882. The molecule has 2 aliphatic heterocycles. The smallest absolute Gasteiger partial charge is 0.222 e. The topological polar surface area (TPSA) is 70.6 Å². The van der Waals surface area contributed by atoms with E-state index in [1.807, 2.05) is 36.2 Å². The Hall–Kier alpha value is -2.67. The van der Waals surface area contributed by atoms with Gasteiger partial charge in [0.15, 0.2) is 0 Å². The SMILES string of the molecule is CNc1nc([C@H]2CCN(C(=O)CCc3ccc(OC)cc3)C2)nc2c1CN(C)CC2. The highest BCUT2D eigenvalue weighted by molar-refractivity contribution is 5.76. The number of carbonyl (C=O) groups excluding carboxylic acids is 1. The first-order valence-corrected chi connectivity index (χ1v) is 10.7. The molecule has 1 fully saturated rings. The summed E-state index contributed by atoms with van der Waals surface area (Å²) in [6.45, 7) is 3.40. The molecule has 0 unspecified atom stereocenters. The summed E-state index contributed by atoms with van der Waals surface area (Å²) in [4.78, 5) is 26.8. The highest BCUT2D eigenvalue weighted by Gasteiger charge is 2.30. The molecule has 1 atom stereocenters. The Labute approximate surface area is 178 Å². The van der Waals surface area contributed by atoms with E-state index in [1.54, 1.807) is 7.11 Å². The Morgan fingerprint density at radius 1 is 1.23 bits per heavy atom. The van der Waals surface area contributed by atoms with E-state index in [0.717, 1.165) is 67.5 Å². The Balaban J connectivity index is 1.38. The van der Waals surface area contributed by atoms with Gasteiger partial charge in [0, 0.05) is 57.5 Å². The Morgan fingerprint density at radius 2 is 2.03 bits per heavy atom. The molecule has 3 heterocycles. The maximum absolute atomic E-state index is 12.8. The molecule has 160 valence electrons. The van der Waals surface area contributed by atoms with E-state index in [1.165, 1.54) is 5.56 Å². The van der Waals surface area contributed by atoms with Gasteiger partial charge in [-0.1, -0.05) is 12.1 Å². The van der Waals surface area contributed by atoms with Crippen LogP contribution in [-0.2, 0) is 24.2 Å². The van der Waals surface area contributed by atoms with Crippen LogP contribution in [0.25, 0.3) is 0 Å². The number of aromatic nitrogens is 2. The zero-order valence-electron chi connectivity index (χ0n) is 18.1. The summed E-state index contributed by atoms with van der Waals surface area (Å²) in [5.41, 5.74) is 3.52. The summed E-state index contributed by atoms with van der Waals surface area (Å²) in [7, 11) is 5.71. The predicted molar refractivity (Wildman–Crippen MR) is 117 cm³/mol. The lowest BCUT2D eigenvalue weighted by molar-refractivity contribution is -0.130. The zero-order valence-corrected chi connectivity index (χ0v) is 18.1. The number of hydrogen-bond acceptors (Lipinski definition) is 6. The number of fused-ring (bicyclic) bond motifs is 1. The van der Waals surface area contributed by atoms with Crippen molar-refractivity contribution in [2.45, 2.75) is 38.1 Å². The molecule has 2 aromatic rings. The van der Waals surface area contributed by atoms with Crippen LogP contribution in [0.2, 0.25) is 0 Å². The molecular weight excluding hydrogens is 378 g/mol. The van der Waals surface area contributed by atoms with Crippen molar-refractivity contribution in [2.75, 3.05) is 46.2 Å². The second-order valence-electron chi connectivity index (χ2n) is 8.27. The lowest BCUT2D eigenvalue weighted by Gasteiger charge is -2.26. The fourth-order valence-corrected chi connectivity index (χ4v) is 4.36. The first kappa shape index (κ1) is 20.6. The number of nitrogens with one attached hydrogen (secondary N) is 1. The van der Waals surface area contributed by atoms with Crippen LogP contribution in [-0.4, -0.2) is 66.5 Å². The second-order valence-corrected chi connectivity index (χ2v) is 8.27. The van der Waals surface area contributed by atoms with Gasteiger partial charge in [-0.3, -0.25) is 4.79 Å². The fraction of sp³-hybridized carbons (Fsp3) is 0.522. The number of ether oxygens (including phenoxy) is 1. The zero-order chi connectivity index (χ0) is 21.1. The standard InChI is InChI=1S/C23H31N5O2/c1-24-23-19-15-27(2)12-11-20(19)25-22(26-23)17-10-13-28(14-17)21(29)9-6-16-4-7-18(30-3)8-5-16/h4-5,7-8,17H,6,9-15H2,1-3H3,(H,24,25,26)/t17-/m0/s1. The van der Waals surface area contributed by atoms with Crippen LogP contribution in [0, 0.1) is 0 Å². The molecule has 7 heteroatoms. The van der Waals surface area contributed by atoms with Gasteiger partial charge in [-0.15, -0.1) is 0 Å². The monoisotopic (exact) mass is 409 g/mol. The molecule has 0 aliphatic carbocycles. The van der Waals surface area contributed by atoms with Crippen molar-refractivity contribution < 1.29 is 9.53 Å². The fourth-order valence-electron chi connectivity index (χ4n) is 4.36. The minimum Gasteiger partial charge on any atom is -0.497 e. The van der Waals surface area contributed by atoms with Crippen LogP contribution in [0.15, 0.2) is 24.3 Å². The third kappa shape index (κ3) is 4.41. The van der Waals surface area contributed by atoms with E-state index in [-0.39, 0.29) is 11.8 Å². The largest absolute Gasteiger partial charge is 0.497 e. The number of rotatable bonds is 6. The summed E-state index contributed by atoms with van der Waals surface area (Å²) in [6.07, 6.45) is 3.15. The number of hydrogen-bond donors (Lipinski definition) is 1. The van der Waals surface area contributed by atoms with E-state index < -0.39 is 0 Å². The van der Waals surface area contributed by atoms with Crippen LogP contribution in [0.4, 0.5) is 5.82 Å². The van der Waals surface area contributed by atoms with Crippen molar-refractivity contribution in [2.24, 2.45) is 0 Å². The van der Waals surface area contributed by atoms with Crippen molar-refractivity contribution in [3.63, 3.8) is 0 Å². The van der Waals surface area contributed by atoms with E-state index in [4.69, 9.17) is 14.7 Å². The van der Waals surface area contributed by atoms with Crippen LogP contribution < -0.4 is 10.1 Å². The first-order chi connectivity index (χ1) is 14.6. The molecule has 1 aromatic heterocycles. The van der Waals surface area contributed by atoms with Gasteiger partial charge in [0.25, 0.3) is 0 Å². The molecule has 0 bridgehead atoms. The predicted octanol–water partition coefficient (Wildman–Crippen LogP) is 2.46. The summed E-state index contributed by atoms with van der Waals surface area (Å²) in [5, 5.41) is 3.25. The third-order valence-electron chi connectivity index (χ3n) is 6.20. The molecule has 1 amide bonds. The summed E-state index contributed by atoms with van der Waals surface area (Å²) < 4.78 is 5.19. The molecule has 30 heavy (non-hydrogen) atoms. The third-order valence-corrected chi connectivity index (χ3v) is 6.20. The molecular formula is C23H31N5O2. The van der Waals surface area contributed by atoms with Crippen molar-refractivity contribution in [3.05, 3.63) is 46.9 Å². The molecule has 2 aliphatic rings. The quantitative estimate of drug-likeness (QED) is 0.790. The maximum Gasteiger partial charge on any atom is 0.222 e. The number of anilines is 1. The average molecular weight is 410 g/mol. The van der Waals surface area contributed by atoms with Crippen LogP contribution in [0.3, 0.4) is 0 Å². The van der Waals surface area contributed by atoms with E-state index in [2.05, 4.69) is 17.3 Å². The number of benzene rings is 1. The van der Waals surface area contributed by atoms with E-state index in [9.17, 15) is 4.79 Å². The van der Waals surface area contributed by atoms with Crippen molar-refractivity contribution in [1.82, 2.24) is 19.8 Å². The minimum absolute atomic E-state index is 0.210. The highest BCUT2D eigenvalue weighted by atomic mass is 16.5. The van der Waals surface area contributed by atoms with Crippen molar-refractivity contribution >= 4 is 11.7 Å². The normalized spacial score (nSPS) is 18.9. The summed E-state index contributed by atoms with van der Waals surface area (Å²) in [5.74, 6) is 3.08. The number of likely N-dealkylation sites (tertiary alicyclic amines) is 1. The van der Waals surface area contributed by atoms with Crippen LogP contribution in [0.5, 0.6) is 5.75 Å². The van der Waals surface area contributed by atoms with Crippen molar-refractivity contribution in [3.8, 4) is 5.75 Å². The number of methoxy groups -OCH3 is 1. The number of aryl methyl sites for hydroxylation is 1. The van der Waals surface area contributed by atoms with Crippen LogP contribution >= 0.6 is 0 Å². The Kier molecular flexibility index (Phi) is 6.18. The van der Waals surface area contributed by atoms with Gasteiger partial charge in [0.1, 0.15) is 17.4 Å². The molecule has 4 rings (SSSR count). The van der Waals surface area contributed by atoms with Gasteiger partial charge in [-0.05, 0) is 37.6 Å². The van der Waals surface area contributed by atoms with Gasteiger partial charge < -0.3 is 19.9 Å². The van der Waals surface area contributed by atoms with Gasteiger partial charge in [-0.25, -0.2) is 9.97 Å². The molecule has 0 radical (unpaired) electrons. The molecule has 1 saturated heterocycles. The molecule has 0 saturated carbocycles. The number of amides is 1. The van der Waals surface area contributed by atoms with Crippen LogP contribution in [0.1, 0.15) is 41.4 Å². The van der Waals surface area contributed by atoms with Gasteiger partial charge in [0.05, 0.1) is 12.8 Å². The number of carbonyl (C=O) groups is 1. The number of nitrogens with zero attached hydrogens (tertiary/aromatic N) is 4. The highest BCUT2D eigenvalue weighted by Crippen LogP contribution is 2.30.